The molecular formula is C19H17NaO4. The van der Waals surface area contributed by atoms with Crippen LogP contribution >= 0.6 is 0 Å². The van der Waals surface area contributed by atoms with Crippen LogP contribution in [0.3, 0.4) is 0 Å². The van der Waals surface area contributed by atoms with Gasteiger partial charge >= 0.3 is 29.6 Å². The Kier molecular flexibility index (Phi) is 5.86. The van der Waals surface area contributed by atoms with Gasteiger partial charge in [-0.05, 0) is 61.6 Å². The summed E-state index contributed by atoms with van der Waals surface area (Å²) in [5.74, 6) is -0.793. The van der Waals surface area contributed by atoms with E-state index in [1.807, 2.05) is 26.0 Å². The second kappa shape index (κ2) is 7.51. The molecule has 0 saturated heterocycles. The molecule has 0 amide bonds. The number of carboxylic acids is 1. The summed E-state index contributed by atoms with van der Waals surface area (Å²) in [6.07, 6.45) is 1.46. The van der Waals surface area contributed by atoms with Crippen molar-refractivity contribution in [3.63, 3.8) is 0 Å². The van der Waals surface area contributed by atoms with Gasteiger partial charge in [-0.1, -0.05) is 18.2 Å². The molecule has 4 nitrogen and oxygen atoms in total. The third-order valence-electron chi connectivity index (χ3n) is 3.95. The Morgan fingerprint density at radius 2 is 1.62 bits per heavy atom. The number of rotatable bonds is 3. The minimum atomic E-state index is -1.28. The van der Waals surface area contributed by atoms with Crippen LogP contribution in [0, 0.1) is 0 Å². The molecule has 0 fully saturated rings. The zero-order valence-electron chi connectivity index (χ0n) is 14.1. The monoisotopic (exact) mass is 332 g/mol. The van der Waals surface area contributed by atoms with Crippen molar-refractivity contribution in [1.82, 2.24) is 0 Å². The number of carbonyl (C=O) groups is 2. The summed E-state index contributed by atoms with van der Waals surface area (Å²) in [6, 6.07) is 10.1. The van der Waals surface area contributed by atoms with Crippen molar-refractivity contribution in [2.24, 2.45) is 0 Å². The first-order chi connectivity index (χ1) is 11.0. The molecular weight excluding hydrogens is 315 g/mol. The van der Waals surface area contributed by atoms with Gasteiger partial charge in [0, 0.05) is 11.1 Å². The van der Waals surface area contributed by atoms with Crippen LogP contribution in [0.5, 0.6) is 5.75 Å². The van der Waals surface area contributed by atoms with Crippen LogP contribution in [0.25, 0.3) is 0 Å². The van der Waals surface area contributed by atoms with E-state index in [1.54, 1.807) is 12.1 Å². The average molecular weight is 332 g/mol. The van der Waals surface area contributed by atoms with E-state index in [9.17, 15) is 14.7 Å². The minimum absolute atomic E-state index is 0. The third-order valence-corrected chi connectivity index (χ3v) is 3.95. The van der Waals surface area contributed by atoms with E-state index in [4.69, 9.17) is 4.74 Å². The maximum absolute atomic E-state index is 12.9. The van der Waals surface area contributed by atoms with Crippen LogP contribution in [0.1, 0.15) is 51.3 Å². The van der Waals surface area contributed by atoms with Crippen molar-refractivity contribution >= 4 is 11.8 Å². The SMILES string of the molecule is CC(C)Oc1ccc2c(c1)C(=O)c1cc(C(=O)[O-])ccc1CC2.[Na+]. The fourth-order valence-electron chi connectivity index (χ4n) is 2.88. The second-order valence-corrected chi connectivity index (χ2v) is 5.97. The molecule has 0 spiro atoms. The number of fused-ring (bicyclic) bond motifs is 2. The number of hydrogen-bond donors (Lipinski definition) is 0. The van der Waals surface area contributed by atoms with E-state index in [0.717, 1.165) is 17.5 Å². The summed E-state index contributed by atoms with van der Waals surface area (Å²) in [5.41, 5.74) is 2.86. The Morgan fingerprint density at radius 3 is 2.21 bits per heavy atom. The smallest absolute Gasteiger partial charge is 0.545 e. The zero-order chi connectivity index (χ0) is 16.6. The van der Waals surface area contributed by atoms with Gasteiger partial charge in [-0.25, -0.2) is 0 Å². The largest absolute Gasteiger partial charge is 1.00 e. The summed E-state index contributed by atoms with van der Waals surface area (Å²) in [5, 5.41) is 11.1. The minimum Gasteiger partial charge on any atom is -0.545 e. The van der Waals surface area contributed by atoms with Gasteiger partial charge in [0.15, 0.2) is 5.78 Å². The van der Waals surface area contributed by atoms with E-state index in [2.05, 4.69) is 0 Å². The molecule has 1 aliphatic carbocycles. The number of ketones is 1. The van der Waals surface area contributed by atoms with Crippen molar-refractivity contribution in [1.29, 1.82) is 0 Å². The number of carbonyl (C=O) groups excluding carboxylic acids is 2. The van der Waals surface area contributed by atoms with Gasteiger partial charge in [-0.2, -0.15) is 0 Å². The summed E-state index contributed by atoms with van der Waals surface area (Å²) >= 11 is 0. The van der Waals surface area contributed by atoms with Gasteiger partial charge in [0.1, 0.15) is 5.75 Å². The molecule has 0 atom stereocenters. The Bertz CT molecular complexity index is 796. The molecule has 0 radical (unpaired) electrons. The maximum atomic E-state index is 12.9. The molecule has 5 heteroatoms. The van der Waals surface area contributed by atoms with E-state index in [1.165, 1.54) is 12.1 Å². The molecule has 2 aromatic carbocycles. The Balaban J connectivity index is 0.00000208. The molecule has 0 heterocycles. The first-order valence-electron chi connectivity index (χ1n) is 7.64. The van der Waals surface area contributed by atoms with Gasteiger partial charge in [0.05, 0.1) is 12.1 Å². The van der Waals surface area contributed by atoms with Crippen molar-refractivity contribution in [3.8, 4) is 5.75 Å². The first-order valence-corrected chi connectivity index (χ1v) is 7.64. The summed E-state index contributed by atoms with van der Waals surface area (Å²) < 4.78 is 5.66. The molecule has 3 rings (SSSR count). The summed E-state index contributed by atoms with van der Waals surface area (Å²) in [7, 11) is 0. The number of ether oxygens (including phenoxy) is 1. The van der Waals surface area contributed by atoms with Crippen LogP contribution in [-0.4, -0.2) is 17.9 Å². The van der Waals surface area contributed by atoms with Crippen LogP contribution in [0.15, 0.2) is 36.4 Å². The van der Waals surface area contributed by atoms with Crippen LogP contribution in [0.2, 0.25) is 0 Å². The molecule has 0 N–H and O–H groups in total. The van der Waals surface area contributed by atoms with Crippen molar-refractivity contribution in [2.75, 3.05) is 0 Å². The average Bonchev–Trinajstić information content (AvgIpc) is 2.64. The van der Waals surface area contributed by atoms with E-state index in [0.29, 0.717) is 23.3 Å². The van der Waals surface area contributed by atoms with Crippen molar-refractivity contribution in [2.45, 2.75) is 32.8 Å². The molecule has 2 aromatic rings. The van der Waals surface area contributed by atoms with Crippen molar-refractivity contribution in [3.05, 3.63) is 64.2 Å². The third kappa shape index (κ3) is 3.72. The summed E-state index contributed by atoms with van der Waals surface area (Å²) in [6.45, 7) is 3.85. The fourth-order valence-corrected chi connectivity index (χ4v) is 2.88. The van der Waals surface area contributed by atoms with Gasteiger partial charge in [0.2, 0.25) is 0 Å². The van der Waals surface area contributed by atoms with E-state index < -0.39 is 5.97 Å². The summed E-state index contributed by atoms with van der Waals surface area (Å²) in [4.78, 5) is 23.9. The van der Waals surface area contributed by atoms with E-state index in [-0.39, 0.29) is 47.0 Å². The van der Waals surface area contributed by atoms with Crippen molar-refractivity contribution < 1.29 is 49.0 Å². The molecule has 0 saturated carbocycles. The molecule has 0 aromatic heterocycles. The fraction of sp³-hybridized carbons (Fsp3) is 0.263. The zero-order valence-corrected chi connectivity index (χ0v) is 16.1. The Morgan fingerprint density at radius 1 is 1.04 bits per heavy atom. The molecule has 118 valence electrons. The van der Waals surface area contributed by atoms with Gasteiger partial charge in [0.25, 0.3) is 0 Å². The van der Waals surface area contributed by atoms with E-state index >= 15 is 0 Å². The number of carboxylic acid groups (broad SMARTS) is 1. The van der Waals surface area contributed by atoms with Crippen LogP contribution in [0.4, 0.5) is 0 Å². The first kappa shape index (κ1) is 18.7. The Hall–Kier alpha value is -1.62. The predicted octanol–water partition coefficient (Wildman–Crippen LogP) is -0.829. The topological polar surface area (TPSA) is 66.4 Å². The quantitative estimate of drug-likeness (QED) is 0.688. The number of hydrogen-bond acceptors (Lipinski definition) is 4. The van der Waals surface area contributed by atoms with Crippen LogP contribution < -0.4 is 39.4 Å². The maximum Gasteiger partial charge on any atom is 1.00 e. The molecule has 0 unspecified atom stereocenters. The predicted molar refractivity (Wildman–Crippen MR) is 83.8 cm³/mol. The van der Waals surface area contributed by atoms with Gasteiger partial charge in [-0.3, -0.25) is 4.79 Å². The second-order valence-electron chi connectivity index (χ2n) is 5.97. The molecule has 0 aliphatic heterocycles. The number of aromatic carboxylic acids is 1. The standard InChI is InChI=1S/C19H18O4.Na/c1-11(2)23-15-8-7-13-4-3-12-5-6-14(19(21)22)9-16(12)18(20)17(13)10-15;/h5-11H,3-4H2,1-2H3,(H,21,22);/q;+1/p-1. The molecule has 0 bridgehead atoms. The number of benzene rings is 2. The normalized spacial score (nSPS) is 12.7. The van der Waals surface area contributed by atoms with Gasteiger partial charge in [-0.15, -0.1) is 0 Å². The number of aryl methyl sites for hydroxylation is 2. The Labute approximate surface area is 163 Å². The van der Waals surface area contributed by atoms with Gasteiger partial charge < -0.3 is 14.6 Å². The molecule has 24 heavy (non-hydrogen) atoms. The van der Waals surface area contributed by atoms with Crippen LogP contribution in [-0.2, 0) is 12.8 Å². The molecule has 1 aliphatic rings.